The van der Waals surface area contributed by atoms with E-state index in [4.69, 9.17) is 16.1 Å². The molecule has 24 heavy (non-hydrogen) atoms. The van der Waals surface area contributed by atoms with Gasteiger partial charge in [0, 0.05) is 6.54 Å². The van der Waals surface area contributed by atoms with Gasteiger partial charge in [-0.2, -0.15) is 10.1 Å². The van der Waals surface area contributed by atoms with Crippen LogP contribution in [0.15, 0.2) is 4.52 Å². The summed E-state index contributed by atoms with van der Waals surface area (Å²) in [5.74, 6) is 0.640. The number of hydrogen-bond donors (Lipinski definition) is 1. The lowest BCUT2D eigenvalue weighted by Gasteiger charge is -2.21. The van der Waals surface area contributed by atoms with Crippen molar-refractivity contribution >= 4 is 17.5 Å². The van der Waals surface area contributed by atoms with Crippen LogP contribution in [-0.4, -0.2) is 32.4 Å². The van der Waals surface area contributed by atoms with Crippen LogP contribution in [0.25, 0.3) is 0 Å². The molecule has 130 valence electrons. The van der Waals surface area contributed by atoms with Gasteiger partial charge >= 0.3 is 11.8 Å². The molecule has 0 saturated heterocycles. The molecule has 2 aromatic heterocycles. The number of carbonyl (C=O) groups excluding carboxylic acids is 1. The molecule has 1 amide bonds. The molecule has 0 aliphatic heterocycles. The summed E-state index contributed by atoms with van der Waals surface area (Å²) in [6, 6.07) is 0. The van der Waals surface area contributed by atoms with Gasteiger partial charge in [0.05, 0.1) is 16.4 Å². The molecule has 0 spiro atoms. The van der Waals surface area contributed by atoms with E-state index in [1.807, 2.05) is 13.8 Å². The zero-order chi connectivity index (χ0) is 17.1. The van der Waals surface area contributed by atoms with Crippen molar-refractivity contribution in [3.05, 3.63) is 28.1 Å². The van der Waals surface area contributed by atoms with E-state index in [0.29, 0.717) is 29.9 Å². The summed E-state index contributed by atoms with van der Waals surface area (Å²) in [7, 11) is 0. The highest BCUT2D eigenvalue weighted by Crippen LogP contribution is 2.23. The average Bonchev–Trinajstić information content (AvgIpc) is 3.15. The molecule has 2 aromatic rings. The van der Waals surface area contributed by atoms with E-state index in [1.165, 1.54) is 32.1 Å². The summed E-state index contributed by atoms with van der Waals surface area (Å²) in [4.78, 5) is 16.3. The molecule has 0 radical (unpaired) electrons. The highest BCUT2D eigenvalue weighted by atomic mass is 35.5. The molecule has 7 nitrogen and oxygen atoms in total. The maximum absolute atomic E-state index is 12.1. The van der Waals surface area contributed by atoms with Gasteiger partial charge in [0.25, 0.3) is 0 Å². The molecule has 1 aliphatic rings. The molecular weight excluding hydrogens is 330 g/mol. The largest absolute Gasteiger partial charge is 0.348 e. The van der Waals surface area contributed by atoms with Crippen LogP contribution in [0.2, 0.25) is 5.02 Å². The second kappa shape index (κ2) is 7.34. The van der Waals surface area contributed by atoms with Crippen molar-refractivity contribution in [2.24, 2.45) is 5.92 Å². The predicted molar refractivity (Wildman–Crippen MR) is 89.0 cm³/mol. The van der Waals surface area contributed by atoms with Gasteiger partial charge in [-0.05, 0) is 32.6 Å². The van der Waals surface area contributed by atoms with Crippen molar-refractivity contribution in [3.63, 3.8) is 0 Å². The maximum atomic E-state index is 12.1. The summed E-state index contributed by atoms with van der Waals surface area (Å²) < 4.78 is 6.77. The minimum Gasteiger partial charge on any atom is -0.348 e. The van der Waals surface area contributed by atoms with Crippen LogP contribution in [0.5, 0.6) is 0 Å². The fourth-order valence-electron chi connectivity index (χ4n) is 3.08. The van der Waals surface area contributed by atoms with Crippen molar-refractivity contribution in [3.8, 4) is 0 Å². The third-order valence-electron chi connectivity index (χ3n) is 4.52. The highest BCUT2D eigenvalue weighted by molar-refractivity contribution is 6.31. The molecule has 1 N–H and O–H groups in total. The van der Waals surface area contributed by atoms with Gasteiger partial charge < -0.3 is 9.84 Å². The monoisotopic (exact) mass is 351 g/mol. The SMILES string of the molecule is Cc1nn(Cc2noc(C(=O)NCC3CCCCC3)n2)c(C)c1Cl. The normalized spacial score (nSPS) is 15.6. The van der Waals surface area contributed by atoms with Gasteiger partial charge in [-0.15, -0.1) is 0 Å². The Morgan fingerprint density at radius 3 is 2.75 bits per heavy atom. The minimum atomic E-state index is -0.314. The second-order valence-electron chi connectivity index (χ2n) is 6.37. The Kier molecular flexibility index (Phi) is 5.18. The fraction of sp³-hybridized carbons (Fsp3) is 0.625. The van der Waals surface area contributed by atoms with Gasteiger partial charge in [-0.25, -0.2) is 0 Å². The van der Waals surface area contributed by atoms with Crippen LogP contribution in [0.1, 0.15) is 60.0 Å². The number of rotatable bonds is 5. The van der Waals surface area contributed by atoms with Gasteiger partial charge in [0.2, 0.25) is 0 Å². The van der Waals surface area contributed by atoms with E-state index in [0.717, 1.165) is 11.4 Å². The van der Waals surface area contributed by atoms with Crippen LogP contribution in [0.3, 0.4) is 0 Å². The smallest absolute Gasteiger partial charge is 0.316 e. The van der Waals surface area contributed by atoms with E-state index in [1.54, 1.807) is 4.68 Å². The van der Waals surface area contributed by atoms with Gasteiger partial charge in [0.15, 0.2) is 5.82 Å². The van der Waals surface area contributed by atoms with Crippen LogP contribution in [-0.2, 0) is 6.54 Å². The summed E-state index contributed by atoms with van der Waals surface area (Å²) >= 11 is 6.12. The van der Waals surface area contributed by atoms with Gasteiger partial charge in [-0.3, -0.25) is 9.48 Å². The molecule has 1 aliphatic carbocycles. The Balaban J connectivity index is 1.58. The number of nitrogens with one attached hydrogen (secondary N) is 1. The molecule has 2 heterocycles. The highest BCUT2D eigenvalue weighted by Gasteiger charge is 2.19. The zero-order valence-corrected chi connectivity index (χ0v) is 14.8. The summed E-state index contributed by atoms with van der Waals surface area (Å²) in [6.07, 6.45) is 6.14. The Bertz CT molecular complexity index is 718. The third-order valence-corrected chi connectivity index (χ3v) is 5.07. The van der Waals surface area contributed by atoms with E-state index >= 15 is 0 Å². The summed E-state index contributed by atoms with van der Waals surface area (Å²) in [5, 5.41) is 11.7. The molecule has 0 atom stereocenters. The van der Waals surface area contributed by atoms with Crippen LogP contribution in [0.4, 0.5) is 0 Å². The number of carbonyl (C=O) groups is 1. The van der Waals surface area contributed by atoms with Crippen molar-refractivity contribution in [1.82, 2.24) is 25.2 Å². The zero-order valence-electron chi connectivity index (χ0n) is 14.0. The minimum absolute atomic E-state index is 0.00608. The van der Waals surface area contributed by atoms with E-state index in [2.05, 4.69) is 20.6 Å². The van der Waals surface area contributed by atoms with Crippen molar-refractivity contribution in [1.29, 1.82) is 0 Å². The Morgan fingerprint density at radius 2 is 2.08 bits per heavy atom. The first-order valence-electron chi connectivity index (χ1n) is 8.35. The summed E-state index contributed by atoms with van der Waals surface area (Å²) in [5.41, 5.74) is 1.59. The first kappa shape index (κ1) is 17.0. The van der Waals surface area contributed by atoms with E-state index in [-0.39, 0.29) is 11.8 Å². The van der Waals surface area contributed by atoms with Crippen LogP contribution < -0.4 is 5.32 Å². The quantitative estimate of drug-likeness (QED) is 0.895. The van der Waals surface area contributed by atoms with E-state index in [9.17, 15) is 4.79 Å². The Labute approximate surface area is 145 Å². The Hall–Kier alpha value is -1.89. The molecule has 0 aromatic carbocycles. The topological polar surface area (TPSA) is 85.8 Å². The Morgan fingerprint density at radius 1 is 1.33 bits per heavy atom. The predicted octanol–water partition coefficient (Wildman–Crippen LogP) is 2.89. The number of aryl methyl sites for hydroxylation is 1. The lowest BCUT2D eigenvalue weighted by Crippen LogP contribution is -2.30. The molecule has 1 fully saturated rings. The number of hydrogen-bond acceptors (Lipinski definition) is 5. The second-order valence-corrected chi connectivity index (χ2v) is 6.75. The molecule has 0 unspecified atom stereocenters. The van der Waals surface area contributed by atoms with Gasteiger partial charge in [0.1, 0.15) is 6.54 Å². The van der Waals surface area contributed by atoms with Crippen LogP contribution in [0, 0.1) is 19.8 Å². The average molecular weight is 352 g/mol. The van der Waals surface area contributed by atoms with E-state index < -0.39 is 0 Å². The number of halogens is 1. The number of amides is 1. The number of aromatic nitrogens is 4. The first-order chi connectivity index (χ1) is 11.5. The number of nitrogens with zero attached hydrogens (tertiary/aromatic N) is 4. The maximum Gasteiger partial charge on any atom is 0.316 e. The molecule has 3 rings (SSSR count). The summed E-state index contributed by atoms with van der Waals surface area (Å²) in [6.45, 7) is 4.70. The van der Waals surface area contributed by atoms with Gasteiger partial charge in [-0.1, -0.05) is 36.0 Å². The molecular formula is C16H22ClN5O2. The molecule has 8 heteroatoms. The van der Waals surface area contributed by atoms with Crippen LogP contribution >= 0.6 is 11.6 Å². The third kappa shape index (κ3) is 3.77. The standard InChI is InChI=1S/C16H22ClN5O2/c1-10-14(17)11(2)22(20-10)9-13-19-16(24-21-13)15(23)18-8-12-6-4-3-5-7-12/h12H,3-9H2,1-2H3,(H,18,23). The lowest BCUT2D eigenvalue weighted by atomic mass is 9.89. The van der Waals surface area contributed by atoms with Crippen molar-refractivity contribution in [2.75, 3.05) is 6.54 Å². The molecule has 0 bridgehead atoms. The van der Waals surface area contributed by atoms with Crippen molar-refractivity contribution in [2.45, 2.75) is 52.5 Å². The first-order valence-corrected chi connectivity index (χ1v) is 8.72. The fourth-order valence-corrected chi connectivity index (χ4v) is 3.21. The van der Waals surface area contributed by atoms with Crippen molar-refractivity contribution < 1.29 is 9.32 Å². The molecule has 1 saturated carbocycles. The lowest BCUT2D eigenvalue weighted by molar-refractivity contribution is 0.0899.